The molecule has 1 N–H and O–H groups in total. The van der Waals surface area contributed by atoms with Gasteiger partial charge in [0.25, 0.3) is 5.91 Å². The van der Waals surface area contributed by atoms with Crippen molar-refractivity contribution < 1.29 is 27.5 Å². The van der Waals surface area contributed by atoms with E-state index in [1.165, 1.54) is 36.5 Å². The largest absolute Gasteiger partial charge is 0.495 e. The van der Waals surface area contributed by atoms with Crippen LogP contribution in [-0.2, 0) is 19.6 Å². The standard InChI is InChI=1S/C20H30N2O6S/c1-14(2)21-19(23)15(3)28-20(24)16-9-10-17(27-4)18(13-16)29(25,26)22-11-7-5-6-8-12-22/h9-10,13-15H,5-8,11-12H2,1-4H3,(H,21,23). The van der Waals surface area contributed by atoms with Gasteiger partial charge in [0.05, 0.1) is 12.7 Å². The first-order valence-electron chi connectivity index (χ1n) is 9.86. The highest BCUT2D eigenvalue weighted by Gasteiger charge is 2.30. The number of benzene rings is 1. The van der Waals surface area contributed by atoms with Crippen molar-refractivity contribution in [3.05, 3.63) is 23.8 Å². The van der Waals surface area contributed by atoms with Crippen molar-refractivity contribution in [3.8, 4) is 5.75 Å². The molecule has 1 aliphatic heterocycles. The number of methoxy groups -OCH3 is 1. The fourth-order valence-corrected chi connectivity index (χ4v) is 4.81. The summed E-state index contributed by atoms with van der Waals surface area (Å²) in [5.41, 5.74) is 0.0448. The van der Waals surface area contributed by atoms with Crippen LogP contribution < -0.4 is 10.1 Å². The summed E-state index contributed by atoms with van der Waals surface area (Å²) in [7, 11) is -2.44. The Bertz CT molecular complexity index is 829. The van der Waals surface area contributed by atoms with Gasteiger partial charge in [-0.2, -0.15) is 4.31 Å². The Kier molecular flexibility index (Phi) is 8.04. The minimum atomic E-state index is -3.82. The fraction of sp³-hybridized carbons (Fsp3) is 0.600. The summed E-state index contributed by atoms with van der Waals surface area (Å²) in [4.78, 5) is 24.4. The average Bonchev–Trinajstić information content (AvgIpc) is 2.96. The first kappa shape index (κ1) is 23.2. The normalized spacial score (nSPS) is 16.7. The van der Waals surface area contributed by atoms with Gasteiger partial charge >= 0.3 is 5.97 Å². The summed E-state index contributed by atoms with van der Waals surface area (Å²) >= 11 is 0. The first-order valence-corrected chi connectivity index (χ1v) is 11.3. The Hall–Kier alpha value is -2.13. The lowest BCUT2D eigenvalue weighted by Gasteiger charge is -2.22. The second-order valence-electron chi connectivity index (χ2n) is 7.39. The molecule has 1 fully saturated rings. The number of nitrogens with one attached hydrogen (secondary N) is 1. The van der Waals surface area contributed by atoms with Crippen LogP contribution in [0.15, 0.2) is 23.1 Å². The van der Waals surface area contributed by atoms with E-state index in [0.717, 1.165) is 25.7 Å². The molecule has 9 heteroatoms. The van der Waals surface area contributed by atoms with Crippen LogP contribution in [-0.4, -0.2) is 56.9 Å². The van der Waals surface area contributed by atoms with E-state index in [4.69, 9.17) is 9.47 Å². The molecule has 0 bridgehead atoms. The van der Waals surface area contributed by atoms with Crippen LogP contribution in [0.4, 0.5) is 0 Å². The third-order valence-electron chi connectivity index (χ3n) is 4.67. The number of ether oxygens (including phenoxy) is 2. The Labute approximate surface area is 172 Å². The zero-order valence-corrected chi connectivity index (χ0v) is 18.3. The Morgan fingerprint density at radius 1 is 1.07 bits per heavy atom. The lowest BCUT2D eigenvalue weighted by atomic mass is 10.2. The number of hydrogen-bond donors (Lipinski definition) is 1. The van der Waals surface area contributed by atoms with Gasteiger partial charge in [0.15, 0.2) is 6.10 Å². The minimum absolute atomic E-state index is 0.0448. The van der Waals surface area contributed by atoms with Crippen LogP contribution in [0.1, 0.15) is 56.8 Å². The Morgan fingerprint density at radius 2 is 1.69 bits per heavy atom. The zero-order chi connectivity index (χ0) is 21.6. The van der Waals surface area contributed by atoms with Crippen LogP contribution in [0.5, 0.6) is 5.75 Å². The highest BCUT2D eigenvalue weighted by Crippen LogP contribution is 2.29. The third-order valence-corrected chi connectivity index (χ3v) is 6.59. The maximum absolute atomic E-state index is 13.2. The molecular formula is C20H30N2O6S. The molecule has 8 nitrogen and oxygen atoms in total. The summed E-state index contributed by atoms with van der Waals surface area (Å²) in [5, 5.41) is 2.66. The van der Waals surface area contributed by atoms with Gasteiger partial charge < -0.3 is 14.8 Å². The molecule has 1 aliphatic rings. The Balaban J connectivity index is 2.27. The van der Waals surface area contributed by atoms with Gasteiger partial charge in [0, 0.05) is 19.1 Å². The van der Waals surface area contributed by atoms with Crippen molar-refractivity contribution in [2.75, 3.05) is 20.2 Å². The van der Waals surface area contributed by atoms with Crippen LogP contribution in [0, 0.1) is 0 Å². The molecule has 1 aromatic carbocycles. The lowest BCUT2D eigenvalue weighted by molar-refractivity contribution is -0.129. The lowest BCUT2D eigenvalue weighted by Crippen LogP contribution is -2.39. The number of hydrogen-bond acceptors (Lipinski definition) is 6. The molecule has 0 saturated carbocycles. The van der Waals surface area contributed by atoms with Crippen molar-refractivity contribution in [1.82, 2.24) is 9.62 Å². The highest BCUT2D eigenvalue weighted by molar-refractivity contribution is 7.89. The number of nitrogens with zero attached hydrogens (tertiary/aromatic N) is 1. The molecule has 0 aromatic heterocycles. The predicted octanol–water partition coefficient (Wildman–Crippen LogP) is 2.33. The van der Waals surface area contributed by atoms with Crippen LogP contribution >= 0.6 is 0 Å². The molecule has 29 heavy (non-hydrogen) atoms. The van der Waals surface area contributed by atoms with Gasteiger partial charge in [0.2, 0.25) is 10.0 Å². The number of amides is 1. The van der Waals surface area contributed by atoms with Gasteiger partial charge in [-0.25, -0.2) is 13.2 Å². The number of carbonyl (C=O) groups is 2. The second kappa shape index (κ2) is 10.1. The average molecular weight is 427 g/mol. The Morgan fingerprint density at radius 3 is 2.24 bits per heavy atom. The molecule has 1 saturated heterocycles. The summed E-state index contributed by atoms with van der Waals surface area (Å²) in [6.45, 7) is 5.94. The highest BCUT2D eigenvalue weighted by atomic mass is 32.2. The summed E-state index contributed by atoms with van der Waals surface area (Å²) in [6, 6.07) is 4.03. The molecule has 0 spiro atoms. The minimum Gasteiger partial charge on any atom is -0.495 e. The summed E-state index contributed by atoms with van der Waals surface area (Å²) in [6.07, 6.45) is 2.58. The van der Waals surface area contributed by atoms with E-state index in [1.807, 2.05) is 0 Å². The quantitative estimate of drug-likeness (QED) is 0.672. The van der Waals surface area contributed by atoms with E-state index < -0.39 is 28.0 Å². The van der Waals surface area contributed by atoms with E-state index >= 15 is 0 Å². The SMILES string of the molecule is COc1ccc(C(=O)OC(C)C(=O)NC(C)C)cc1S(=O)(=O)N1CCCCCC1. The first-order chi connectivity index (χ1) is 13.7. The van der Waals surface area contributed by atoms with E-state index in [-0.39, 0.29) is 22.3 Å². The second-order valence-corrected chi connectivity index (χ2v) is 9.30. The monoisotopic (exact) mass is 426 g/mol. The van der Waals surface area contributed by atoms with Crippen LogP contribution in [0.25, 0.3) is 0 Å². The molecule has 162 valence electrons. The van der Waals surface area contributed by atoms with Gasteiger partial charge in [-0.1, -0.05) is 12.8 Å². The zero-order valence-electron chi connectivity index (χ0n) is 17.4. The number of carbonyl (C=O) groups excluding carboxylic acids is 2. The van der Waals surface area contributed by atoms with Crippen molar-refractivity contribution >= 4 is 21.9 Å². The predicted molar refractivity (Wildman–Crippen MR) is 108 cm³/mol. The molecule has 1 amide bonds. The van der Waals surface area contributed by atoms with Crippen molar-refractivity contribution in [2.24, 2.45) is 0 Å². The van der Waals surface area contributed by atoms with E-state index in [2.05, 4.69) is 5.32 Å². The third kappa shape index (κ3) is 5.93. The number of rotatable bonds is 7. The van der Waals surface area contributed by atoms with E-state index in [9.17, 15) is 18.0 Å². The van der Waals surface area contributed by atoms with Gasteiger partial charge in [0.1, 0.15) is 10.6 Å². The van der Waals surface area contributed by atoms with Crippen molar-refractivity contribution in [3.63, 3.8) is 0 Å². The molecule has 1 heterocycles. The van der Waals surface area contributed by atoms with Crippen molar-refractivity contribution in [1.29, 1.82) is 0 Å². The topological polar surface area (TPSA) is 102 Å². The smallest absolute Gasteiger partial charge is 0.338 e. The van der Waals surface area contributed by atoms with Gasteiger partial charge in [-0.15, -0.1) is 0 Å². The van der Waals surface area contributed by atoms with Gasteiger partial charge in [-0.3, -0.25) is 4.79 Å². The molecule has 0 radical (unpaired) electrons. The number of esters is 1. The maximum Gasteiger partial charge on any atom is 0.338 e. The molecule has 1 unspecified atom stereocenters. The van der Waals surface area contributed by atoms with Crippen LogP contribution in [0.2, 0.25) is 0 Å². The summed E-state index contributed by atoms with van der Waals surface area (Å²) < 4.78 is 38.2. The molecule has 1 atom stereocenters. The van der Waals surface area contributed by atoms with Crippen molar-refractivity contribution in [2.45, 2.75) is 63.5 Å². The maximum atomic E-state index is 13.2. The number of sulfonamides is 1. The van der Waals surface area contributed by atoms with E-state index in [0.29, 0.717) is 13.1 Å². The van der Waals surface area contributed by atoms with Crippen LogP contribution in [0.3, 0.4) is 0 Å². The van der Waals surface area contributed by atoms with Gasteiger partial charge in [-0.05, 0) is 51.8 Å². The summed E-state index contributed by atoms with van der Waals surface area (Å²) in [5.74, 6) is -1.03. The molecule has 0 aliphatic carbocycles. The fourth-order valence-electron chi connectivity index (χ4n) is 3.11. The molecular weight excluding hydrogens is 396 g/mol. The molecule has 1 aromatic rings. The van der Waals surface area contributed by atoms with E-state index in [1.54, 1.807) is 13.8 Å². The molecule has 2 rings (SSSR count).